The summed E-state index contributed by atoms with van der Waals surface area (Å²) in [6.07, 6.45) is 1.27. The minimum absolute atomic E-state index is 0.0251. The number of hydrogen-bond acceptors (Lipinski definition) is 8. The van der Waals surface area contributed by atoms with E-state index >= 15 is 0 Å². The molecule has 1 N–H and O–H groups in total. The molecular weight excluding hydrogens is 478 g/mol. The lowest BCUT2D eigenvalue weighted by molar-refractivity contribution is -0.384. The van der Waals surface area contributed by atoms with Crippen LogP contribution in [0.25, 0.3) is 6.08 Å². The Morgan fingerprint density at radius 1 is 1.00 bits per heavy atom. The molecular formula is C23H12ClN5O6. The first kappa shape index (κ1) is 24.4. The average molecular weight is 490 g/mol. The number of benzene rings is 3. The highest BCUT2D eigenvalue weighted by Gasteiger charge is 2.18. The van der Waals surface area contributed by atoms with Crippen molar-refractivity contribution in [3.05, 3.63) is 103 Å². The summed E-state index contributed by atoms with van der Waals surface area (Å²) in [4.78, 5) is 33.2. The van der Waals surface area contributed by atoms with E-state index < -0.39 is 21.4 Å². The topological polar surface area (TPSA) is 172 Å². The third kappa shape index (κ3) is 5.96. The highest BCUT2D eigenvalue weighted by atomic mass is 35.5. The Kier molecular flexibility index (Phi) is 7.36. The Balaban J connectivity index is 1.78. The molecule has 3 rings (SSSR count). The van der Waals surface area contributed by atoms with E-state index in [0.29, 0.717) is 11.3 Å². The molecule has 11 nitrogen and oxygen atoms in total. The fraction of sp³-hybridized carbons (Fsp3) is 0. The largest absolute Gasteiger partial charge is 0.456 e. The molecule has 0 atom stereocenters. The fourth-order valence-electron chi connectivity index (χ4n) is 2.83. The number of anilines is 1. The average Bonchev–Trinajstić information content (AvgIpc) is 2.84. The van der Waals surface area contributed by atoms with Gasteiger partial charge in [-0.3, -0.25) is 25.0 Å². The van der Waals surface area contributed by atoms with Gasteiger partial charge in [0.05, 0.1) is 9.85 Å². The van der Waals surface area contributed by atoms with Crippen LogP contribution in [0.4, 0.5) is 17.1 Å². The van der Waals surface area contributed by atoms with Gasteiger partial charge < -0.3 is 10.1 Å². The van der Waals surface area contributed by atoms with Crippen LogP contribution in [0.2, 0.25) is 5.02 Å². The molecule has 0 bridgehead atoms. The van der Waals surface area contributed by atoms with Crippen LogP contribution in [-0.4, -0.2) is 15.8 Å². The second-order valence-electron chi connectivity index (χ2n) is 6.76. The molecule has 0 saturated carbocycles. The van der Waals surface area contributed by atoms with Gasteiger partial charge in [-0.15, -0.1) is 0 Å². The van der Waals surface area contributed by atoms with Crippen LogP contribution in [0.3, 0.4) is 0 Å². The zero-order valence-corrected chi connectivity index (χ0v) is 18.2. The molecule has 35 heavy (non-hydrogen) atoms. The highest BCUT2D eigenvalue weighted by Crippen LogP contribution is 2.30. The van der Waals surface area contributed by atoms with Crippen LogP contribution in [0, 0.1) is 42.9 Å². The maximum atomic E-state index is 12.5. The van der Waals surface area contributed by atoms with Crippen molar-refractivity contribution in [2.45, 2.75) is 0 Å². The zero-order valence-electron chi connectivity index (χ0n) is 17.5. The quantitative estimate of drug-likeness (QED) is 0.199. The lowest BCUT2D eigenvalue weighted by Crippen LogP contribution is -2.14. The molecule has 0 aromatic heterocycles. The fourth-order valence-corrected chi connectivity index (χ4v) is 3.00. The molecule has 0 aliphatic heterocycles. The lowest BCUT2D eigenvalue weighted by Gasteiger charge is -2.08. The van der Waals surface area contributed by atoms with Crippen molar-refractivity contribution in [3.8, 4) is 23.6 Å². The van der Waals surface area contributed by atoms with Gasteiger partial charge in [-0.1, -0.05) is 23.7 Å². The Bertz CT molecular complexity index is 1450. The summed E-state index contributed by atoms with van der Waals surface area (Å²) in [5.41, 5.74) is -0.689. The summed E-state index contributed by atoms with van der Waals surface area (Å²) in [5.74, 6) is -0.446. The van der Waals surface area contributed by atoms with Crippen LogP contribution in [0.5, 0.6) is 11.5 Å². The number of non-ortho nitro benzene ring substituents is 1. The molecule has 3 aromatic carbocycles. The predicted octanol–water partition coefficient (Wildman–Crippen LogP) is 5.37. The SMILES string of the molecule is N#C/C(=C\c1ccc(Oc2ccc([N+](=O)[O-])cc2C#N)cc1)C(=O)Nc1ccc(Cl)cc1[N+](=O)[O-]. The van der Waals surface area contributed by atoms with E-state index in [1.807, 2.05) is 6.07 Å². The van der Waals surface area contributed by atoms with Crippen molar-refractivity contribution < 1.29 is 19.4 Å². The Labute approximate surface area is 202 Å². The molecule has 12 heteroatoms. The molecule has 0 fully saturated rings. The Hall–Kier alpha value is -5.26. The number of amides is 1. The maximum absolute atomic E-state index is 12.5. The normalized spacial score (nSPS) is 10.5. The second kappa shape index (κ2) is 10.6. The summed E-state index contributed by atoms with van der Waals surface area (Å²) < 4.78 is 5.61. The van der Waals surface area contributed by atoms with E-state index in [0.717, 1.165) is 12.1 Å². The van der Waals surface area contributed by atoms with Gasteiger partial charge in [0.15, 0.2) is 0 Å². The van der Waals surface area contributed by atoms with Crippen LogP contribution < -0.4 is 10.1 Å². The van der Waals surface area contributed by atoms with E-state index in [2.05, 4.69) is 5.32 Å². The van der Waals surface area contributed by atoms with E-state index in [4.69, 9.17) is 16.3 Å². The van der Waals surface area contributed by atoms with Crippen molar-refractivity contribution in [1.82, 2.24) is 0 Å². The Morgan fingerprint density at radius 2 is 1.71 bits per heavy atom. The van der Waals surface area contributed by atoms with Gasteiger partial charge in [0, 0.05) is 23.2 Å². The maximum Gasteiger partial charge on any atom is 0.294 e. The third-order valence-electron chi connectivity index (χ3n) is 4.48. The number of carbonyl (C=O) groups is 1. The first-order chi connectivity index (χ1) is 16.7. The number of nitro benzene ring substituents is 2. The standard InChI is InChI=1S/C23H12ClN5O6/c24-17-3-7-20(21(11-17)29(33)34)27-23(30)16(13-26)9-14-1-5-19(6-2-14)35-22-8-4-18(28(31)32)10-15(22)12-25/h1-11H,(H,27,30)/b16-9+. The molecule has 0 aliphatic rings. The predicted molar refractivity (Wildman–Crippen MR) is 125 cm³/mol. The van der Waals surface area contributed by atoms with Gasteiger partial charge >= 0.3 is 0 Å². The van der Waals surface area contributed by atoms with Crippen LogP contribution in [-0.2, 0) is 4.79 Å². The highest BCUT2D eigenvalue weighted by molar-refractivity contribution is 6.31. The number of rotatable bonds is 7. The number of nitrogens with one attached hydrogen (secondary N) is 1. The van der Waals surface area contributed by atoms with E-state index in [1.54, 1.807) is 6.07 Å². The number of nitriles is 2. The zero-order chi connectivity index (χ0) is 25.5. The molecule has 0 spiro atoms. The number of carbonyl (C=O) groups excluding carboxylic acids is 1. The van der Waals surface area contributed by atoms with Gasteiger partial charge in [0.25, 0.3) is 17.3 Å². The van der Waals surface area contributed by atoms with E-state index in [1.165, 1.54) is 54.6 Å². The number of halogens is 1. The van der Waals surface area contributed by atoms with Crippen molar-refractivity contribution in [1.29, 1.82) is 10.5 Å². The molecule has 0 unspecified atom stereocenters. The molecule has 0 radical (unpaired) electrons. The number of hydrogen-bond donors (Lipinski definition) is 1. The first-order valence-electron chi connectivity index (χ1n) is 9.55. The van der Waals surface area contributed by atoms with Crippen LogP contribution in [0.15, 0.2) is 66.2 Å². The number of nitro groups is 2. The van der Waals surface area contributed by atoms with Crippen molar-refractivity contribution in [3.63, 3.8) is 0 Å². The van der Waals surface area contributed by atoms with Crippen LogP contribution >= 0.6 is 11.6 Å². The van der Waals surface area contributed by atoms with Gasteiger partial charge in [-0.25, -0.2) is 0 Å². The van der Waals surface area contributed by atoms with Gasteiger partial charge in [-0.05, 0) is 42.0 Å². The number of ether oxygens (including phenoxy) is 1. The van der Waals surface area contributed by atoms with Crippen molar-refractivity contribution in [2.75, 3.05) is 5.32 Å². The molecule has 3 aromatic rings. The smallest absolute Gasteiger partial charge is 0.294 e. The Morgan fingerprint density at radius 3 is 2.31 bits per heavy atom. The van der Waals surface area contributed by atoms with Gasteiger partial charge in [0.1, 0.15) is 40.5 Å². The van der Waals surface area contributed by atoms with Crippen molar-refractivity contribution >= 4 is 40.6 Å². The minimum Gasteiger partial charge on any atom is -0.456 e. The lowest BCUT2D eigenvalue weighted by atomic mass is 10.1. The number of nitrogens with zero attached hydrogens (tertiary/aromatic N) is 4. The van der Waals surface area contributed by atoms with Gasteiger partial charge in [0.2, 0.25) is 0 Å². The van der Waals surface area contributed by atoms with E-state index in [-0.39, 0.29) is 33.3 Å². The summed E-state index contributed by atoms with van der Waals surface area (Å²) in [6, 6.07) is 16.9. The molecule has 172 valence electrons. The molecule has 1 amide bonds. The second-order valence-corrected chi connectivity index (χ2v) is 7.20. The summed E-state index contributed by atoms with van der Waals surface area (Å²) in [6.45, 7) is 0. The molecule has 0 heterocycles. The third-order valence-corrected chi connectivity index (χ3v) is 4.72. The summed E-state index contributed by atoms with van der Waals surface area (Å²) >= 11 is 5.76. The first-order valence-corrected chi connectivity index (χ1v) is 9.93. The summed E-state index contributed by atoms with van der Waals surface area (Å²) in [5, 5.41) is 43.1. The van der Waals surface area contributed by atoms with E-state index in [9.17, 15) is 35.5 Å². The monoisotopic (exact) mass is 489 g/mol. The van der Waals surface area contributed by atoms with Gasteiger partial charge in [-0.2, -0.15) is 10.5 Å². The minimum atomic E-state index is -0.859. The van der Waals surface area contributed by atoms with Crippen molar-refractivity contribution in [2.24, 2.45) is 0 Å². The molecule has 0 saturated heterocycles. The summed E-state index contributed by atoms with van der Waals surface area (Å²) in [7, 11) is 0. The molecule has 0 aliphatic carbocycles. The van der Waals surface area contributed by atoms with Crippen LogP contribution in [0.1, 0.15) is 11.1 Å².